The first-order valence-electron chi connectivity index (χ1n) is 9.28. The topological polar surface area (TPSA) is 73.1 Å². The smallest absolute Gasteiger partial charge is 0.236 e. The summed E-state index contributed by atoms with van der Waals surface area (Å²) in [5.74, 6) is -0.154. The van der Waals surface area contributed by atoms with E-state index in [-0.39, 0.29) is 17.9 Å². The molecule has 0 aromatic rings. The van der Waals surface area contributed by atoms with Gasteiger partial charge in [0.2, 0.25) is 11.8 Å². The summed E-state index contributed by atoms with van der Waals surface area (Å²) < 4.78 is 0. The van der Waals surface area contributed by atoms with Crippen LogP contribution in [0.4, 0.5) is 0 Å². The summed E-state index contributed by atoms with van der Waals surface area (Å²) in [6, 6.07) is 0.422. The minimum atomic E-state index is -0.299. The van der Waals surface area contributed by atoms with Gasteiger partial charge in [0.05, 0.1) is 12.6 Å². The Kier molecular flexibility index (Phi) is 5.73. The summed E-state index contributed by atoms with van der Waals surface area (Å²) >= 11 is 0. The number of amides is 2. The van der Waals surface area contributed by atoms with Crippen LogP contribution in [-0.2, 0) is 9.59 Å². The van der Waals surface area contributed by atoms with Crippen LogP contribution in [0.15, 0.2) is 0 Å². The molecule has 7 heteroatoms. The largest absolute Gasteiger partial charge is 0.368 e. The predicted octanol–water partition coefficient (Wildman–Crippen LogP) is -0.825. The Hall–Kier alpha value is -1.18. The minimum absolute atomic E-state index is 0.145. The van der Waals surface area contributed by atoms with E-state index in [0.717, 1.165) is 45.6 Å². The molecule has 0 unspecified atom stereocenters. The molecule has 3 fully saturated rings. The lowest BCUT2D eigenvalue weighted by Gasteiger charge is -2.42. The fraction of sp³-hybridized carbons (Fsp3) is 0.882. The van der Waals surface area contributed by atoms with Crippen LogP contribution in [0.1, 0.15) is 25.7 Å². The van der Waals surface area contributed by atoms with Crippen LogP contribution in [0.2, 0.25) is 0 Å². The molecule has 3 saturated heterocycles. The molecule has 7 nitrogen and oxygen atoms in total. The number of likely N-dealkylation sites (tertiary alicyclic amines) is 2. The summed E-state index contributed by atoms with van der Waals surface area (Å²) in [5.41, 5.74) is 5.44. The number of primary amides is 1. The molecular weight excluding hydrogens is 306 g/mol. The highest BCUT2D eigenvalue weighted by molar-refractivity contribution is 5.82. The van der Waals surface area contributed by atoms with Crippen molar-refractivity contribution >= 4 is 11.8 Å². The Balaban J connectivity index is 1.44. The van der Waals surface area contributed by atoms with Crippen molar-refractivity contribution in [2.24, 2.45) is 5.73 Å². The first-order valence-corrected chi connectivity index (χ1v) is 9.28. The van der Waals surface area contributed by atoms with Crippen molar-refractivity contribution in [1.82, 2.24) is 19.6 Å². The van der Waals surface area contributed by atoms with E-state index < -0.39 is 0 Å². The summed E-state index contributed by atoms with van der Waals surface area (Å²) in [7, 11) is 2.19. The first kappa shape index (κ1) is 17.6. The third kappa shape index (κ3) is 4.07. The average molecular weight is 337 g/mol. The predicted molar refractivity (Wildman–Crippen MR) is 92.5 cm³/mol. The van der Waals surface area contributed by atoms with Crippen LogP contribution in [0.5, 0.6) is 0 Å². The standard InChI is InChI=1S/C17H31N5O2/c1-19-7-4-14(5-8-19)20-9-11-21(12-10-20)16(23)13-22-6-2-3-15(22)17(18)24/h14-15H,2-13H2,1H3,(H2,18,24)/t15-/m1/s1. The van der Waals surface area contributed by atoms with Gasteiger partial charge < -0.3 is 15.5 Å². The van der Waals surface area contributed by atoms with Crippen LogP contribution >= 0.6 is 0 Å². The zero-order valence-corrected chi connectivity index (χ0v) is 14.8. The molecule has 3 aliphatic rings. The second kappa shape index (κ2) is 7.80. The van der Waals surface area contributed by atoms with Crippen molar-refractivity contribution in [2.75, 3.05) is 59.4 Å². The molecule has 2 amide bonds. The molecule has 24 heavy (non-hydrogen) atoms. The molecule has 0 radical (unpaired) electrons. The molecule has 0 spiro atoms. The molecule has 3 rings (SSSR count). The van der Waals surface area contributed by atoms with E-state index in [2.05, 4.69) is 16.8 Å². The van der Waals surface area contributed by atoms with Crippen LogP contribution in [0.25, 0.3) is 0 Å². The van der Waals surface area contributed by atoms with Crippen LogP contribution in [0, 0.1) is 0 Å². The second-order valence-corrected chi connectivity index (χ2v) is 7.48. The maximum atomic E-state index is 12.6. The van der Waals surface area contributed by atoms with Gasteiger partial charge in [-0.15, -0.1) is 0 Å². The van der Waals surface area contributed by atoms with Gasteiger partial charge in [0.25, 0.3) is 0 Å². The molecule has 136 valence electrons. The van der Waals surface area contributed by atoms with E-state index in [1.54, 1.807) is 0 Å². The maximum Gasteiger partial charge on any atom is 0.236 e. The van der Waals surface area contributed by atoms with Gasteiger partial charge in [0, 0.05) is 32.2 Å². The average Bonchev–Trinajstić information content (AvgIpc) is 3.04. The monoisotopic (exact) mass is 337 g/mol. The van der Waals surface area contributed by atoms with Crippen LogP contribution in [-0.4, -0.2) is 103 Å². The summed E-state index contributed by atoms with van der Waals surface area (Å²) in [5, 5.41) is 0. The lowest BCUT2D eigenvalue weighted by Crippen LogP contribution is -2.55. The number of hydrogen-bond acceptors (Lipinski definition) is 5. The van der Waals surface area contributed by atoms with Crippen molar-refractivity contribution in [3.05, 3.63) is 0 Å². The number of nitrogens with zero attached hydrogens (tertiary/aromatic N) is 4. The van der Waals surface area contributed by atoms with Crippen molar-refractivity contribution in [3.63, 3.8) is 0 Å². The highest BCUT2D eigenvalue weighted by Crippen LogP contribution is 2.19. The van der Waals surface area contributed by atoms with Gasteiger partial charge in [-0.3, -0.25) is 19.4 Å². The molecule has 0 aromatic carbocycles. The van der Waals surface area contributed by atoms with Gasteiger partial charge in [-0.2, -0.15) is 0 Å². The third-order valence-electron chi connectivity index (χ3n) is 5.90. The lowest BCUT2D eigenvalue weighted by molar-refractivity contribution is -0.135. The fourth-order valence-corrected chi connectivity index (χ4v) is 4.31. The number of hydrogen-bond donors (Lipinski definition) is 1. The van der Waals surface area contributed by atoms with E-state index in [0.29, 0.717) is 12.6 Å². The van der Waals surface area contributed by atoms with Crippen LogP contribution < -0.4 is 5.73 Å². The molecule has 0 saturated carbocycles. The molecule has 2 N–H and O–H groups in total. The van der Waals surface area contributed by atoms with Gasteiger partial charge in [0.15, 0.2) is 0 Å². The fourth-order valence-electron chi connectivity index (χ4n) is 4.31. The van der Waals surface area contributed by atoms with Crippen molar-refractivity contribution in [1.29, 1.82) is 0 Å². The van der Waals surface area contributed by atoms with Gasteiger partial charge >= 0.3 is 0 Å². The van der Waals surface area contributed by atoms with Gasteiger partial charge in [0.1, 0.15) is 0 Å². The SMILES string of the molecule is CN1CCC(N2CCN(C(=O)CN3CCC[C@@H]3C(N)=O)CC2)CC1. The first-order chi connectivity index (χ1) is 11.5. The molecule has 3 aliphatic heterocycles. The number of carbonyl (C=O) groups excluding carboxylic acids is 2. The normalized spacial score (nSPS) is 28.4. The van der Waals surface area contributed by atoms with Gasteiger partial charge in [-0.25, -0.2) is 0 Å². The van der Waals surface area contributed by atoms with E-state index in [9.17, 15) is 9.59 Å². The third-order valence-corrected chi connectivity index (χ3v) is 5.90. The molecule has 1 atom stereocenters. The van der Waals surface area contributed by atoms with E-state index in [1.165, 1.54) is 25.9 Å². The zero-order valence-electron chi connectivity index (χ0n) is 14.8. The Bertz CT molecular complexity index is 456. The molecule has 0 aromatic heterocycles. The number of piperidine rings is 1. The van der Waals surface area contributed by atoms with Crippen molar-refractivity contribution < 1.29 is 9.59 Å². The number of rotatable bonds is 4. The summed E-state index contributed by atoms with van der Waals surface area (Å²) in [6.45, 7) is 7.04. The van der Waals surface area contributed by atoms with Gasteiger partial charge in [-0.05, 0) is 52.4 Å². The molecule has 0 aliphatic carbocycles. The van der Waals surface area contributed by atoms with E-state index >= 15 is 0 Å². The van der Waals surface area contributed by atoms with E-state index in [1.807, 2.05) is 9.80 Å². The lowest BCUT2D eigenvalue weighted by atomic mass is 10.0. The summed E-state index contributed by atoms with van der Waals surface area (Å²) in [4.78, 5) is 32.9. The quantitative estimate of drug-likeness (QED) is 0.725. The number of carbonyl (C=O) groups is 2. The Morgan fingerprint density at radius 3 is 2.25 bits per heavy atom. The minimum Gasteiger partial charge on any atom is -0.368 e. The van der Waals surface area contributed by atoms with Gasteiger partial charge in [-0.1, -0.05) is 0 Å². The second-order valence-electron chi connectivity index (χ2n) is 7.48. The Labute approximate surface area is 144 Å². The molecule has 0 bridgehead atoms. The highest BCUT2D eigenvalue weighted by atomic mass is 16.2. The molecular formula is C17H31N5O2. The van der Waals surface area contributed by atoms with Crippen molar-refractivity contribution in [3.8, 4) is 0 Å². The highest BCUT2D eigenvalue weighted by Gasteiger charge is 2.33. The summed E-state index contributed by atoms with van der Waals surface area (Å²) in [6.07, 6.45) is 4.20. The Morgan fingerprint density at radius 2 is 1.62 bits per heavy atom. The van der Waals surface area contributed by atoms with Crippen molar-refractivity contribution in [2.45, 2.75) is 37.8 Å². The maximum absolute atomic E-state index is 12.6. The molecule has 3 heterocycles. The zero-order chi connectivity index (χ0) is 17.1. The van der Waals surface area contributed by atoms with Crippen LogP contribution in [0.3, 0.4) is 0 Å². The Morgan fingerprint density at radius 1 is 0.958 bits per heavy atom. The number of piperazine rings is 1. The van der Waals surface area contributed by atoms with E-state index in [4.69, 9.17) is 5.73 Å². The number of nitrogens with two attached hydrogens (primary N) is 1.